The number of ether oxygens (including phenoxy) is 2. The van der Waals surface area contributed by atoms with E-state index in [1.54, 1.807) is 0 Å². The predicted molar refractivity (Wildman–Crippen MR) is 86.8 cm³/mol. The van der Waals surface area contributed by atoms with Gasteiger partial charge in [-0.05, 0) is 18.2 Å². The van der Waals surface area contributed by atoms with Crippen molar-refractivity contribution in [3.63, 3.8) is 0 Å². The number of carbonyl (C=O) groups excluding carboxylic acids is 1. The Balaban J connectivity index is 1.73. The van der Waals surface area contributed by atoms with Gasteiger partial charge in [-0.3, -0.25) is 4.79 Å². The van der Waals surface area contributed by atoms with Crippen LogP contribution in [0.1, 0.15) is 9.67 Å². The SMILES string of the molecule is Nc1c(C(=O)NCC2COCCO2)sc2ccc(Br)cc12. The molecule has 1 unspecified atom stereocenters. The third-order valence-corrected chi connectivity index (χ3v) is 4.95. The normalized spacial score (nSPS) is 18.8. The molecule has 112 valence electrons. The van der Waals surface area contributed by atoms with Crippen molar-refractivity contribution in [1.82, 2.24) is 5.32 Å². The molecule has 2 heterocycles. The zero-order chi connectivity index (χ0) is 14.8. The largest absolute Gasteiger partial charge is 0.397 e. The highest BCUT2D eigenvalue weighted by Gasteiger charge is 2.19. The molecule has 2 aromatic rings. The summed E-state index contributed by atoms with van der Waals surface area (Å²) >= 11 is 4.81. The third kappa shape index (κ3) is 3.21. The van der Waals surface area contributed by atoms with Crippen molar-refractivity contribution in [1.29, 1.82) is 0 Å². The van der Waals surface area contributed by atoms with Crippen LogP contribution in [-0.2, 0) is 9.47 Å². The summed E-state index contributed by atoms with van der Waals surface area (Å²) in [5.41, 5.74) is 6.61. The van der Waals surface area contributed by atoms with Crippen LogP contribution in [0, 0.1) is 0 Å². The van der Waals surface area contributed by atoms with Gasteiger partial charge < -0.3 is 20.5 Å². The van der Waals surface area contributed by atoms with Gasteiger partial charge in [0.1, 0.15) is 4.88 Å². The lowest BCUT2D eigenvalue weighted by Crippen LogP contribution is -2.39. The number of halogens is 1. The second-order valence-electron chi connectivity index (χ2n) is 4.76. The van der Waals surface area contributed by atoms with E-state index in [0.29, 0.717) is 36.9 Å². The smallest absolute Gasteiger partial charge is 0.263 e. The molecule has 1 aliphatic heterocycles. The highest BCUT2D eigenvalue weighted by Crippen LogP contribution is 2.35. The molecule has 7 heteroatoms. The van der Waals surface area contributed by atoms with Crippen molar-refractivity contribution < 1.29 is 14.3 Å². The molecule has 1 aromatic heterocycles. The summed E-state index contributed by atoms with van der Waals surface area (Å²) in [5.74, 6) is -0.168. The Labute approximate surface area is 134 Å². The number of hydrogen-bond donors (Lipinski definition) is 2. The summed E-state index contributed by atoms with van der Waals surface area (Å²) < 4.78 is 12.7. The molecular formula is C14H15BrN2O3S. The minimum Gasteiger partial charge on any atom is -0.397 e. The molecule has 1 fully saturated rings. The van der Waals surface area contributed by atoms with Crippen LogP contribution in [0.3, 0.4) is 0 Å². The summed E-state index contributed by atoms with van der Waals surface area (Å²) in [6, 6.07) is 5.82. The van der Waals surface area contributed by atoms with E-state index in [0.717, 1.165) is 14.6 Å². The number of hydrogen-bond acceptors (Lipinski definition) is 5. The maximum absolute atomic E-state index is 12.3. The maximum Gasteiger partial charge on any atom is 0.263 e. The van der Waals surface area contributed by atoms with Crippen LogP contribution < -0.4 is 11.1 Å². The van der Waals surface area contributed by atoms with E-state index < -0.39 is 0 Å². The Hall–Kier alpha value is -1.15. The first kappa shape index (κ1) is 14.8. The van der Waals surface area contributed by atoms with Gasteiger partial charge in [0.15, 0.2) is 0 Å². The number of carbonyl (C=O) groups is 1. The molecule has 0 radical (unpaired) electrons. The monoisotopic (exact) mass is 370 g/mol. The first-order valence-corrected chi connectivity index (χ1v) is 8.21. The molecule has 1 aliphatic rings. The summed E-state index contributed by atoms with van der Waals surface area (Å²) in [7, 11) is 0. The quantitative estimate of drug-likeness (QED) is 0.869. The minimum atomic E-state index is -0.168. The van der Waals surface area contributed by atoms with E-state index in [2.05, 4.69) is 21.2 Å². The first-order chi connectivity index (χ1) is 10.1. The Morgan fingerprint density at radius 3 is 3.10 bits per heavy atom. The molecule has 3 rings (SSSR count). The number of amides is 1. The van der Waals surface area contributed by atoms with Gasteiger partial charge in [0.05, 0.1) is 31.6 Å². The van der Waals surface area contributed by atoms with Crippen LogP contribution in [-0.4, -0.2) is 38.4 Å². The highest BCUT2D eigenvalue weighted by atomic mass is 79.9. The van der Waals surface area contributed by atoms with Crippen molar-refractivity contribution in [3.8, 4) is 0 Å². The van der Waals surface area contributed by atoms with E-state index in [4.69, 9.17) is 15.2 Å². The number of thiophene rings is 1. The summed E-state index contributed by atoms with van der Waals surface area (Å²) in [6.07, 6.45) is -0.0903. The molecule has 0 spiro atoms. The van der Waals surface area contributed by atoms with Gasteiger partial charge in [-0.25, -0.2) is 0 Å². The molecular weight excluding hydrogens is 356 g/mol. The zero-order valence-electron chi connectivity index (χ0n) is 11.2. The van der Waals surface area contributed by atoms with Gasteiger partial charge in [-0.2, -0.15) is 0 Å². The average Bonchev–Trinajstić information content (AvgIpc) is 2.83. The zero-order valence-corrected chi connectivity index (χ0v) is 13.6. The molecule has 5 nitrogen and oxygen atoms in total. The fraction of sp³-hybridized carbons (Fsp3) is 0.357. The predicted octanol–water partition coefficient (Wildman–Crippen LogP) is 2.39. The fourth-order valence-corrected chi connectivity index (χ4v) is 3.58. The molecule has 1 aromatic carbocycles. The van der Waals surface area contributed by atoms with E-state index in [-0.39, 0.29) is 12.0 Å². The Morgan fingerprint density at radius 2 is 2.33 bits per heavy atom. The van der Waals surface area contributed by atoms with Gasteiger partial charge in [0, 0.05) is 21.1 Å². The fourth-order valence-electron chi connectivity index (χ4n) is 2.20. The van der Waals surface area contributed by atoms with Crippen molar-refractivity contribution >= 4 is 48.9 Å². The molecule has 3 N–H and O–H groups in total. The number of nitrogens with one attached hydrogen (secondary N) is 1. The van der Waals surface area contributed by atoms with Crippen LogP contribution >= 0.6 is 27.3 Å². The van der Waals surface area contributed by atoms with E-state index in [1.165, 1.54) is 11.3 Å². The van der Waals surface area contributed by atoms with Gasteiger partial charge >= 0.3 is 0 Å². The number of nitrogens with two attached hydrogens (primary N) is 1. The number of rotatable bonds is 3. The van der Waals surface area contributed by atoms with Crippen molar-refractivity contribution in [2.45, 2.75) is 6.10 Å². The number of fused-ring (bicyclic) bond motifs is 1. The highest BCUT2D eigenvalue weighted by molar-refractivity contribution is 9.10. The van der Waals surface area contributed by atoms with Crippen LogP contribution in [0.4, 0.5) is 5.69 Å². The van der Waals surface area contributed by atoms with Gasteiger partial charge in [0.25, 0.3) is 5.91 Å². The lowest BCUT2D eigenvalue weighted by atomic mass is 10.2. The van der Waals surface area contributed by atoms with E-state index in [9.17, 15) is 4.79 Å². The number of anilines is 1. The topological polar surface area (TPSA) is 73.6 Å². The molecule has 1 amide bonds. The van der Waals surface area contributed by atoms with Crippen LogP contribution in [0.15, 0.2) is 22.7 Å². The average molecular weight is 371 g/mol. The maximum atomic E-state index is 12.3. The third-order valence-electron chi connectivity index (χ3n) is 3.27. The van der Waals surface area contributed by atoms with Gasteiger partial charge in [-0.15, -0.1) is 11.3 Å². The minimum absolute atomic E-state index is 0.0903. The second kappa shape index (κ2) is 6.31. The molecule has 1 saturated heterocycles. The summed E-state index contributed by atoms with van der Waals surface area (Å²) in [5, 5.41) is 3.76. The Morgan fingerprint density at radius 1 is 1.48 bits per heavy atom. The standard InChI is InChI=1S/C14H15BrN2O3S/c15-8-1-2-11-10(5-8)12(16)13(21-11)14(18)17-6-9-7-19-3-4-20-9/h1-2,5,9H,3-4,6-7,16H2,(H,17,18). The molecule has 1 atom stereocenters. The molecule has 21 heavy (non-hydrogen) atoms. The van der Waals surface area contributed by atoms with Crippen LogP contribution in [0.5, 0.6) is 0 Å². The second-order valence-corrected chi connectivity index (χ2v) is 6.73. The van der Waals surface area contributed by atoms with Crippen LogP contribution in [0.2, 0.25) is 0 Å². The molecule has 0 bridgehead atoms. The lowest BCUT2D eigenvalue weighted by Gasteiger charge is -2.22. The summed E-state index contributed by atoms with van der Waals surface area (Å²) in [6.45, 7) is 2.12. The molecule has 0 saturated carbocycles. The van der Waals surface area contributed by atoms with E-state index in [1.807, 2.05) is 18.2 Å². The van der Waals surface area contributed by atoms with Crippen molar-refractivity contribution in [2.24, 2.45) is 0 Å². The first-order valence-electron chi connectivity index (χ1n) is 6.60. The van der Waals surface area contributed by atoms with E-state index >= 15 is 0 Å². The number of benzene rings is 1. The Bertz CT molecular complexity index is 668. The van der Waals surface area contributed by atoms with Crippen molar-refractivity contribution in [3.05, 3.63) is 27.5 Å². The van der Waals surface area contributed by atoms with Crippen LogP contribution in [0.25, 0.3) is 10.1 Å². The van der Waals surface area contributed by atoms with Gasteiger partial charge in [-0.1, -0.05) is 15.9 Å². The number of nitrogen functional groups attached to an aromatic ring is 1. The Kier molecular flexibility index (Phi) is 4.44. The molecule has 0 aliphatic carbocycles. The lowest BCUT2D eigenvalue weighted by molar-refractivity contribution is -0.0855. The van der Waals surface area contributed by atoms with Gasteiger partial charge in [0.2, 0.25) is 0 Å². The van der Waals surface area contributed by atoms with Crippen molar-refractivity contribution in [2.75, 3.05) is 32.1 Å². The summed E-state index contributed by atoms with van der Waals surface area (Å²) in [4.78, 5) is 12.8.